The van der Waals surface area contributed by atoms with Crippen LogP contribution < -0.4 is 16.4 Å². The first kappa shape index (κ1) is 17.2. The van der Waals surface area contributed by atoms with Crippen molar-refractivity contribution in [3.63, 3.8) is 0 Å². The van der Waals surface area contributed by atoms with E-state index in [1.54, 1.807) is 6.20 Å². The Morgan fingerprint density at radius 1 is 1.38 bits per heavy atom. The molecule has 2 atom stereocenters. The van der Waals surface area contributed by atoms with Gasteiger partial charge in [0.25, 0.3) is 0 Å². The summed E-state index contributed by atoms with van der Waals surface area (Å²) in [4.78, 5) is 9.37. The molecule has 3 aromatic rings. The molecule has 5 N–H and O–H groups in total. The number of hydrogen-bond donors (Lipinski definition) is 4. The average Bonchev–Trinajstić information content (AvgIpc) is 3.04. The van der Waals surface area contributed by atoms with E-state index in [1.165, 1.54) is 0 Å². The number of nitrogens with one attached hydrogen (secondary N) is 3. The van der Waals surface area contributed by atoms with Gasteiger partial charge in [-0.25, -0.2) is 9.97 Å². The smallest absolute Gasteiger partial charge is 0.200 e. The number of rotatable bonds is 3. The van der Waals surface area contributed by atoms with Gasteiger partial charge in [0.15, 0.2) is 0 Å². The highest BCUT2D eigenvalue weighted by Crippen LogP contribution is 2.36. The third-order valence-electron chi connectivity index (χ3n) is 5.16. The molecule has 0 bridgehead atoms. The highest BCUT2D eigenvalue weighted by molar-refractivity contribution is 6.36. The second-order valence-corrected chi connectivity index (χ2v) is 7.37. The second-order valence-electron chi connectivity index (χ2n) is 7.00. The zero-order valence-electron chi connectivity index (χ0n) is 14.8. The quantitative estimate of drug-likeness (QED) is 0.564. The van der Waals surface area contributed by atoms with Crippen LogP contribution in [-0.2, 0) is 0 Å². The van der Waals surface area contributed by atoms with Gasteiger partial charge in [-0.3, -0.25) is 5.10 Å². The number of anilines is 1. The number of benzene rings is 1. The van der Waals surface area contributed by atoms with E-state index < -0.39 is 0 Å². The number of fused-ring (bicyclic) bond motifs is 1. The Hall–Kier alpha value is -2.22. The summed E-state index contributed by atoms with van der Waals surface area (Å²) in [6.07, 6.45) is 2.70. The Bertz CT molecular complexity index is 950. The van der Waals surface area contributed by atoms with Gasteiger partial charge in [0.2, 0.25) is 5.65 Å². The van der Waals surface area contributed by atoms with Crippen LogP contribution in [0.3, 0.4) is 0 Å². The number of H-pyrrole nitrogens is 1. The monoisotopic (exact) mass is 371 g/mol. The number of nitrogens with zero attached hydrogens (tertiary/aromatic N) is 3. The lowest BCUT2D eigenvalue weighted by molar-refractivity contribution is 0.286. The number of piperidine rings is 1. The van der Waals surface area contributed by atoms with Crippen LogP contribution in [0.2, 0.25) is 5.02 Å². The van der Waals surface area contributed by atoms with Crippen molar-refractivity contribution in [1.29, 1.82) is 0 Å². The molecule has 4 rings (SSSR count). The molecule has 136 valence electrons. The van der Waals surface area contributed by atoms with Crippen LogP contribution in [0.5, 0.6) is 0 Å². The Balaban J connectivity index is 1.77. The fourth-order valence-electron chi connectivity index (χ4n) is 3.54. The summed E-state index contributed by atoms with van der Waals surface area (Å²) in [7, 11) is 1.84. The van der Waals surface area contributed by atoms with Crippen molar-refractivity contribution in [1.82, 2.24) is 25.5 Å². The van der Waals surface area contributed by atoms with Gasteiger partial charge in [0, 0.05) is 36.8 Å². The van der Waals surface area contributed by atoms with E-state index in [-0.39, 0.29) is 11.5 Å². The molecule has 0 saturated carbocycles. The van der Waals surface area contributed by atoms with Gasteiger partial charge >= 0.3 is 0 Å². The van der Waals surface area contributed by atoms with Gasteiger partial charge in [0.05, 0.1) is 22.1 Å². The zero-order valence-corrected chi connectivity index (χ0v) is 15.6. The zero-order chi connectivity index (χ0) is 18.3. The highest BCUT2D eigenvalue weighted by Gasteiger charge is 2.35. The number of aromatic amines is 1. The molecule has 0 spiro atoms. The van der Waals surface area contributed by atoms with Crippen LogP contribution in [-0.4, -0.2) is 45.8 Å². The number of halogens is 1. The molecule has 8 heteroatoms. The maximum Gasteiger partial charge on any atom is 0.200 e. The predicted molar refractivity (Wildman–Crippen MR) is 104 cm³/mol. The molecular weight excluding hydrogens is 350 g/mol. The SMILES string of the molecule is CNc1cccc(-c2[nH]nc3nc(C4CNCCC4(C)N)cnc23)c1Cl. The summed E-state index contributed by atoms with van der Waals surface area (Å²) in [5.74, 6) is 0.101. The molecular formula is C18H22ClN7. The Morgan fingerprint density at radius 2 is 2.23 bits per heavy atom. The standard InChI is InChI=1S/C18H22ClN7/c1-18(20)6-7-22-8-11(18)13-9-23-16-15(25-26-17(16)24-13)10-4-3-5-12(21-2)14(10)19/h3-5,9,11,21-22H,6-8,20H2,1-2H3,(H,24,25,26). The summed E-state index contributed by atoms with van der Waals surface area (Å²) in [5, 5.41) is 14.5. The van der Waals surface area contributed by atoms with Crippen LogP contribution in [0.15, 0.2) is 24.4 Å². The van der Waals surface area contributed by atoms with Gasteiger partial charge in [0.1, 0.15) is 5.52 Å². The third-order valence-corrected chi connectivity index (χ3v) is 5.57. The second kappa shape index (κ2) is 6.50. The van der Waals surface area contributed by atoms with E-state index in [1.807, 2.05) is 25.2 Å². The van der Waals surface area contributed by atoms with Gasteiger partial charge in [-0.2, -0.15) is 5.10 Å². The minimum absolute atomic E-state index is 0.101. The first-order valence-corrected chi connectivity index (χ1v) is 9.06. The molecule has 0 amide bonds. The summed E-state index contributed by atoms with van der Waals surface area (Å²) in [6, 6.07) is 5.80. The average molecular weight is 372 g/mol. The molecule has 7 nitrogen and oxygen atoms in total. The Morgan fingerprint density at radius 3 is 3.00 bits per heavy atom. The molecule has 0 aliphatic carbocycles. The molecule has 1 aliphatic rings. The van der Waals surface area contributed by atoms with Crippen LogP contribution in [0, 0.1) is 0 Å². The van der Waals surface area contributed by atoms with Crippen LogP contribution in [0.1, 0.15) is 25.0 Å². The van der Waals surface area contributed by atoms with Gasteiger partial charge in [-0.05, 0) is 26.0 Å². The largest absolute Gasteiger partial charge is 0.387 e. The fourth-order valence-corrected chi connectivity index (χ4v) is 3.85. The number of nitrogens with two attached hydrogens (primary N) is 1. The highest BCUT2D eigenvalue weighted by atomic mass is 35.5. The minimum Gasteiger partial charge on any atom is -0.387 e. The van der Waals surface area contributed by atoms with Crippen LogP contribution in [0.4, 0.5) is 5.69 Å². The summed E-state index contributed by atoms with van der Waals surface area (Å²) < 4.78 is 0. The van der Waals surface area contributed by atoms with Gasteiger partial charge in [-0.1, -0.05) is 23.7 Å². The lowest BCUT2D eigenvalue weighted by atomic mass is 9.79. The topological polar surface area (TPSA) is 105 Å². The van der Waals surface area contributed by atoms with Crippen molar-refractivity contribution in [3.05, 3.63) is 35.1 Å². The van der Waals surface area contributed by atoms with E-state index >= 15 is 0 Å². The van der Waals surface area contributed by atoms with E-state index in [0.29, 0.717) is 16.2 Å². The van der Waals surface area contributed by atoms with E-state index in [0.717, 1.165) is 42.1 Å². The fraction of sp³-hybridized carbons (Fsp3) is 0.389. The molecule has 1 aromatic carbocycles. The normalized spacial score (nSPS) is 23.3. The Labute approximate surface area is 156 Å². The molecule has 1 aliphatic heterocycles. The van der Waals surface area contributed by atoms with E-state index in [9.17, 15) is 0 Å². The lowest BCUT2D eigenvalue weighted by Gasteiger charge is -2.38. The molecule has 2 aromatic heterocycles. The summed E-state index contributed by atoms with van der Waals surface area (Å²) in [6.45, 7) is 3.79. The molecule has 3 heterocycles. The first-order valence-electron chi connectivity index (χ1n) is 8.68. The van der Waals surface area contributed by atoms with Crippen molar-refractivity contribution >= 4 is 28.5 Å². The van der Waals surface area contributed by atoms with Crippen LogP contribution in [0.25, 0.3) is 22.4 Å². The van der Waals surface area contributed by atoms with Crippen molar-refractivity contribution in [2.45, 2.75) is 24.8 Å². The maximum atomic E-state index is 6.51. The summed E-state index contributed by atoms with van der Waals surface area (Å²) >= 11 is 6.51. The van der Waals surface area contributed by atoms with Crippen LogP contribution >= 0.6 is 11.6 Å². The van der Waals surface area contributed by atoms with Gasteiger partial charge < -0.3 is 16.4 Å². The number of hydrogen-bond acceptors (Lipinski definition) is 6. The number of aromatic nitrogens is 4. The summed E-state index contributed by atoms with van der Waals surface area (Å²) in [5.41, 5.74) is 10.8. The minimum atomic E-state index is -0.308. The maximum absolute atomic E-state index is 6.51. The predicted octanol–water partition coefficient (Wildman–Crippen LogP) is 2.51. The molecule has 1 fully saturated rings. The van der Waals surface area contributed by atoms with Crippen molar-refractivity contribution < 1.29 is 0 Å². The Kier molecular flexibility index (Phi) is 4.30. The van der Waals surface area contributed by atoms with Crippen molar-refractivity contribution in [2.24, 2.45) is 5.73 Å². The molecule has 0 radical (unpaired) electrons. The first-order chi connectivity index (χ1) is 12.5. The molecule has 26 heavy (non-hydrogen) atoms. The van der Waals surface area contributed by atoms with E-state index in [2.05, 4.69) is 32.7 Å². The van der Waals surface area contributed by atoms with E-state index in [4.69, 9.17) is 22.3 Å². The van der Waals surface area contributed by atoms with Crippen molar-refractivity contribution in [3.8, 4) is 11.3 Å². The molecule has 1 saturated heterocycles. The van der Waals surface area contributed by atoms with Crippen molar-refractivity contribution in [2.75, 3.05) is 25.5 Å². The lowest BCUT2D eigenvalue weighted by Crippen LogP contribution is -2.53. The third kappa shape index (κ3) is 2.82. The van der Waals surface area contributed by atoms with Gasteiger partial charge in [-0.15, -0.1) is 0 Å². The molecule has 2 unspecified atom stereocenters.